The number of H-pyrrole nitrogens is 1. The minimum absolute atomic E-state index is 0.00181. The first-order valence-corrected chi connectivity index (χ1v) is 10.3. The molecule has 0 saturated heterocycles. The van der Waals surface area contributed by atoms with Crippen molar-refractivity contribution >= 4 is 28.4 Å². The van der Waals surface area contributed by atoms with Crippen LogP contribution in [0.3, 0.4) is 0 Å². The van der Waals surface area contributed by atoms with E-state index in [0.717, 1.165) is 0 Å². The second kappa shape index (κ2) is 9.78. The zero-order valence-corrected chi connectivity index (χ0v) is 18.1. The lowest BCUT2D eigenvalue weighted by atomic mass is 9.95. The van der Waals surface area contributed by atoms with E-state index in [2.05, 4.69) is 9.97 Å². The van der Waals surface area contributed by atoms with E-state index in [-0.39, 0.29) is 46.0 Å². The van der Waals surface area contributed by atoms with Crippen LogP contribution in [0, 0.1) is 11.7 Å². The maximum atomic E-state index is 13.3. The van der Waals surface area contributed by atoms with E-state index in [1.165, 1.54) is 37.7 Å². The van der Waals surface area contributed by atoms with Gasteiger partial charge in [0.2, 0.25) is 0 Å². The van der Waals surface area contributed by atoms with Crippen LogP contribution in [-0.4, -0.2) is 29.2 Å². The van der Waals surface area contributed by atoms with E-state index in [1.54, 1.807) is 6.07 Å². The van der Waals surface area contributed by atoms with E-state index >= 15 is 0 Å². The average molecular weight is 486 g/mol. The summed E-state index contributed by atoms with van der Waals surface area (Å²) in [5.74, 6) is -2.78. The summed E-state index contributed by atoms with van der Waals surface area (Å²) in [6, 6.07) is 5.57. The number of methoxy groups -OCH3 is 1. The quantitative estimate of drug-likeness (QED) is 0.512. The smallest absolute Gasteiger partial charge is 0.391 e. The highest BCUT2D eigenvalue weighted by atomic mass is 35.5. The summed E-state index contributed by atoms with van der Waals surface area (Å²) < 4.78 is 56.3. The van der Waals surface area contributed by atoms with Crippen LogP contribution in [0.25, 0.3) is 10.9 Å². The Bertz CT molecular complexity index is 1220. The van der Waals surface area contributed by atoms with Gasteiger partial charge in [0.15, 0.2) is 5.43 Å². The number of primary amides is 1. The topological polar surface area (TPSA) is 98.1 Å². The summed E-state index contributed by atoms with van der Waals surface area (Å²) in [5.41, 5.74) is 5.95. The third-order valence-corrected chi connectivity index (χ3v) is 5.88. The van der Waals surface area contributed by atoms with Crippen LogP contribution in [0.2, 0.25) is 5.02 Å². The molecular weight excluding hydrogens is 466 g/mol. The van der Waals surface area contributed by atoms with Gasteiger partial charge in [0.25, 0.3) is 5.91 Å². The summed E-state index contributed by atoms with van der Waals surface area (Å²) in [5, 5.41) is 0.0676. The molecule has 6 nitrogen and oxygen atoms in total. The fourth-order valence-electron chi connectivity index (χ4n) is 3.95. The monoisotopic (exact) mass is 485 g/mol. The van der Waals surface area contributed by atoms with E-state index in [0.29, 0.717) is 17.5 Å². The van der Waals surface area contributed by atoms with Gasteiger partial charge in [0.05, 0.1) is 23.9 Å². The number of ether oxygens (including phenoxy) is 1. The molecule has 2 atom stereocenters. The molecule has 2 aromatic heterocycles. The average Bonchev–Trinajstić information content (AvgIpc) is 3.26. The molecule has 0 aliphatic heterocycles. The number of hydrogen-bond acceptors (Lipinski definition) is 4. The standard InChI is InChI=1S/C13H13ClF4O.C9H7N3O2/c1-19-12-9(4-5-10(15)11(12)14)7-2-3-8(6-7)13(16,17)18;10-9(14)8-7-5(1-3-12-8)11-4-2-6(7)13/h4-5,7-8H,2-3,6H2,1H3;1-4H,(H2,10,14)(H,11,13). The summed E-state index contributed by atoms with van der Waals surface area (Å²) in [6.45, 7) is 0. The molecule has 33 heavy (non-hydrogen) atoms. The van der Waals surface area contributed by atoms with E-state index in [1.807, 2.05) is 0 Å². The highest BCUT2D eigenvalue weighted by Crippen LogP contribution is 2.49. The summed E-state index contributed by atoms with van der Waals surface area (Å²) >= 11 is 5.78. The molecule has 1 aliphatic carbocycles. The predicted molar refractivity (Wildman–Crippen MR) is 115 cm³/mol. The Hall–Kier alpha value is -3.14. The number of rotatable bonds is 3. The Morgan fingerprint density at radius 2 is 1.97 bits per heavy atom. The van der Waals surface area contributed by atoms with Crippen molar-refractivity contribution in [2.24, 2.45) is 11.7 Å². The molecule has 3 aromatic rings. The van der Waals surface area contributed by atoms with Gasteiger partial charge in [-0.2, -0.15) is 13.2 Å². The van der Waals surface area contributed by atoms with Gasteiger partial charge in [-0.15, -0.1) is 0 Å². The van der Waals surface area contributed by atoms with Crippen molar-refractivity contribution < 1.29 is 27.1 Å². The highest BCUT2D eigenvalue weighted by molar-refractivity contribution is 6.32. The van der Waals surface area contributed by atoms with E-state index in [4.69, 9.17) is 22.1 Å². The number of pyridine rings is 2. The zero-order chi connectivity index (χ0) is 24.3. The fraction of sp³-hybridized carbons (Fsp3) is 0.318. The molecule has 1 saturated carbocycles. The van der Waals surface area contributed by atoms with Gasteiger partial charge in [-0.25, -0.2) is 4.39 Å². The molecule has 1 fully saturated rings. The van der Waals surface area contributed by atoms with Gasteiger partial charge < -0.3 is 15.5 Å². The molecule has 11 heteroatoms. The SMILES string of the molecule is COc1c(C2CCC(C(F)(F)F)C2)ccc(F)c1Cl.NC(=O)c1nccc2[nH]ccc(=O)c12. The first-order chi connectivity index (χ1) is 15.5. The van der Waals surface area contributed by atoms with E-state index < -0.39 is 23.8 Å². The van der Waals surface area contributed by atoms with Crippen molar-refractivity contribution in [3.63, 3.8) is 0 Å². The van der Waals surface area contributed by atoms with Crippen LogP contribution >= 0.6 is 11.6 Å². The van der Waals surface area contributed by atoms with Gasteiger partial charge in [0, 0.05) is 18.5 Å². The highest BCUT2D eigenvalue weighted by Gasteiger charge is 2.44. The number of benzene rings is 1. The van der Waals surface area contributed by atoms with Crippen molar-refractivity contribution in [1.82, 2.24) is 9.97 Å². The van der Waals surface area contributed by atoms with Crippen LogP contribution in [0.5, 0.6) is 5.75 Å². The number of fused-ring (bicyclic) bond motifs is 1. The third-order valence-electron chi connectivity index (χ3n) is 5.52. The molecule has 4 rings (SSSR count). The maximum absolute atomic E-state index is 13.3. The van der Waals surface area contributed by atoms with E-state index in [9.17, 15) is 27.2 Å². The second-order valence-corrected chi connectivity index (χ2v) is 7.90. The van der Waals surface area contributed by atoms with Gasteiger partial charge in [-0.1, -0.05) is 17.7 Å². The number of aromatic amines is 1. The third kappa shape index (κ3) is 5.27. The van der Waals surface area contributed by atoms with Crippen molar-refractivity contribution in [3.05, 3.63) is 69.0 Å². The van der Waals surface area contributed by atoms with Gasteiger partial charge >= 0.3 is 6.18 Å². The van der Waals surface area contributed by atoms with Crippen molar-refractivity contribution in [1.29, 1.82) is 0 Å². The van der Waals surface area contributed by atoms with Crippen LogP contribution < -0.4 is 15.9 Å². The Balaban J connectivity index is 0.000000194. The Kier molecular flexibility index (Phi) is 7.26. The number of carbonyl (C=O) groups excluding carboxylic acids is 1. The fourth-order valence-corrected chi connectivity index (χ4v) is 4.20. The Labute approximate surface area is 190 Å². The molecule has 0 bridgehead atoms. The molecule has 2 unspecified atom stereocenters. The minimum Gasteiger partial charge on any atom is -0.495 e. The predicted octanol–water partition coefficient (Wildman–Crippen LogP) is 4.96. The van der Waals surface area contributed by atoms with Crippen molar-refractivity contribution in [2.75, 3.05) is 7.11 Å². The van der Waals surface area contributed by atoms with Gasteiger partial charge in [-0.05, 0) is 42.9 Å². The van der Waals surface area contributed by atoms with Crippen molar-refractivity contribution in [3.8, 4) is 5.75 Å². The van der Waals surface area contributed by atoms with Crippen LogP contribution in [0.4, 0.5) is 17.6 Å². The summed E-state index contributed by atoms with van der Waals surface area (Å²) in [6.07, 6.45) is -0.740. The minimum atomic E-state index is -4.17. The molecule has 1 aromatic carbocycles. The molecular formula is C22H20ClF4N3O3. The van der Waals surface area contributed by atoms with Crippen molar-refractivity contribution in [2.45, 2.75) is 31.4 Å². The number of nitrogens with one attached hydrogen (secondary N) is 1. The number of nitrogens with two attached hydrogens (primary N) is 1. The lowest BCUT2D eigenvalue weighted by Gasteiger charge is -2.17. The number of alkyl halides is 3. The largest absolute Gasteiger partial charge is 0.495 e. The molecule has 0 radical (unpaired) electrons. The number of carbonyl (C=O) groups is 1. The summed E-state index contributed by atoms with van der Waals surface area (Å²) in [7, 11) is 1.33. The van der Waals surface area contributed by atoms with Crippen LogP contribution in [0.1, 0.15) is 41.2 Å². The van der Waals surface area contributed by atoms with Crippen LogP contribution in [0.15, 0.2) is 41.5 Å². The lowest BCUT2D eigenvalue weighted by molar-refractivity contribution is -0.172. The first-order valence-electron chi connectivity index (χ1n) is 9.89. The van der Waals surface area contributed by atoms with Gasteiger partial charge in [-0.3, -0.25) is 14.6 Å². The molecule has 2 heterocycles. The summed E-state index contributed by atoms with van der Waals surface area (Å²) in [4.78, 5) is 29.0. The molecule has 1 amide bonds. The molecule has 3 N–H and O–H groups in total. The van der Waals surface area contributed by atoms with Crippen LogP contribution in [-0.2, 0) is 0 Å². The molecule has 176 valence electrons. The number of nitrogens with zero attached hydrogens (tertiary/aromatic N) is 1. The second-order valence-electron chi connectivity index (χ2n) is 7.52. The Morgan fingerprint density at radius 3 is 2.58 bits per heavy atom. The number of halogens is 5. The normalized spacial score (nSPS) is 18.0. The number of hydrogen-bond donors (Lipinski definition) is 2. The maximum Gasteiger partial charge on any atom is 0.391 e. The Morgan fingerprint density at radius 1 is 1.24 bits per heavy atom. The molecule has 0 spiro atoms. The first kappa shape index (κ1) is 24.5. The molecule has 1 aliphatic rings. The van der Waals surface area contributed by atoms with Gasteiger partial charge in [0.1, 0.15) is 22.3 Å². The number of aromatic nitrogens is 2. The zero-order valence-electron chi connectivity index (χ0n) is 17.4. The lowest BCUT2D eigenvalue weighted by Crippen LogP contribution is -2.19. The number of amides is 1.